The molecule has 0 unspecified atom stereocenters. The number of anilines is 1. The Kier molecular flexibility index (Phi) is 3.31. The van der Waals surface area contributed by atoms with E-state index in [2.05, 4.69) is 20.5 Å². The van der Waals surface area contributed by atoms with E-state index in [1.54, 1.807) is 36.4 Å². The third kappa shape index (κ3) is 2.52. The molecule has 2 aromatic carbocycles. The number of aromatic amines is 1. The molecule has 2 heterocycles. The second-order valence-corrected chi connectivity index (χ2v) is 5.30. The van der Waals surface area contributed by atoms with Gasteiger partial charge in [-0.1, -0.05) is 18.2 Å². The fraction of sp³-hybridized carbons (Fsp3) is 0.0588. The van der Waals surface area contributed by atoms with Crippen LogP contribution >= 0.6 is 0 Å². The van der Waals surface area contributed by atoms with Crippen molar-refractivity contribution in [3.8, 4) is 0 Å². The van der Waals surface area contributed by atoms with Gasteiger partial charge in [-0.05, 0) is 24.3 Å². The van der Waals surface area contributed by atoms with Gasteiger partial charge in [-0.3, -0.25) is 9.59 Å². The van der Waals surface area contributed by atoms with E-state index in [4.69, 9.17) is 4.42 Å². The van der Waals surface area contributed by atoms with Crippen molar-refractivity contribution >= 4 is 33.5 Å². The average Bonchev–Trinajstić information content (AvgIpc) is 3.05. The highest BCUT2D eigenvalue weighted by molar-refractivity contribution is 5.96. The zero-order valence-electron chi connectivity index (χ0n) is 12.4. The van der Waals surface area contributed by atoms with E-state index >= 15 is 0 Å². The lowest BCUT2D eigenvalue weighted by Crippen LogP contribution is -2.18. The highest BCUT2D eigenvalue weighted by Gasteiger charge is 2.11. The fourth-order valence-electron chi connectivity index (χ4n) is 2.60. The van der Waals surface area contributed by atoms with Gasteiger partial charge >= 0.3 is 0 Å². The Morgan fingerprint density at radius 3 is 2.88 bits per heavy atom. The number of carbonyl (C=O) groups is 1. The highest BCUT2D eigenvalue weighted by Crippen LogP contribution is 2.18. The van der Waals surface area contributed by atoms with Gasteiger partial charge < -0.3 is 9.73 Å². The minimum atomic E-state index is -0.272. The number of nitrogens with one attached hydrogen (secondary N) is 2. The number of hydrogen-bond acceptors (Lipinski definition) is 5. The van der Waals surface area contributed by atoms with Crippen molar-refractivity contribution in [1.82, 2.24) is 15.2 Å². The van der Waals surface area contributed by atoms with E-state index in [1.165, 1.54) is 6.39 Å². The summed E-state index contributed by atoms with van der Waals surface area (Å²) >= 11 is 0. The lowest BCUT2D eigenvalue weighted by molar-refractivity contribution is -0.115. The standard InChI is InChI=1S/C17H12N4O3/c22-16(19-10-5-6-15-14(7-10)18-9-24-15)8-13-11-3-1-2-4-12(11)17(23)21-20-13/h1-7,9H,8H2,(H,19,22)(H,21,23). The van der Waals surface area contributed by atoms with Crippen LogP contribution in [0.1, 0.15) is 5.69 Å². The van der Waals surface area contributed by atoms with Gasteiger partial charge in [0, 0.05) is 11.1 Å². The van der Waals surface area contributed by atoms with Crippen molar-refractivity contribution in [3.05, 3.63) is 64.9 Å². The SMILES string of the molecule is O=C(Cc1n[nH]c(=O)c2ccccc12)Nc1ccc2ocnc2c1. The Morgan fingerprint density at radius 1 is 1.17 bits per heavy atom. The summed E-state index contributed by atoms with van der Waals surface area (Å²) in [7, 11) is 0. The Bertz CT molecular complexity index is 1110. The van der Waals surface area contributed by atoms with Crippen LogP contribution in [0.15, 0.2) is 58.1 Å². The van der Waals surface area contributed by atoms with Gasteiger partial charge in [0.05, 0.1) is 17.5 Å². The summed E-state index contributed by atoms with van der Waals surface area (Å²) in [6.07, 6.45) is 1.40. The molecule has 2 aromatic heterocycles. The molecule has 0 bridgehead atoms. The molecule has 0 atom stereocenters. The van der Waals surface area contributed by atoms with Crippen LogP contribution in [-0.4, -0.2) is 21.1 Å². The molecule has 0 aliphatic rings. The molecule has 4 aromatic rings. The monoisotopic (exact) mass is 320 g/mol. The van der Waals surface area contributed by atoms with Crippen molar-refractivity contribution in [2.75, 3.05) is 5.32 Å². The zero-order chi connectivity index (χ0) is 16.5. The molecule has 0 fully saturated rings. The summed E-state index contributed by atoms with van der Waals surface area (Å²) in [6.45, 7) is 0. The van der Waals surface area contributed by atoms with Gasteiger partial charge in [0.2, 0.25) is 5.91 Å². The van der Waals surface area contributed by atoms with Crippen molar-refractivity contribution in [1.29, 1.82) is 0 Å². The van der Waals surface area contributed by atoms with Crippen LogP contribution in [0.4, 0.5) is 5.69 Å². The number of aromatic nitrogens is 3. The number of rotatable bonds is 3. The van der Waals surface area contributed by atoms with Crippen LogP contribution in [0.2, 0.25) is 0 Å². The number of carbonyl (C=O) groups excluding carboxylic acids is 1. The molecule has 2 N–H and O–H groups in total. The Hall–Kier alpha value is -3.48. The molecule has 7 nitrogen and oxygen atoms in total. The number of amides is 1. The van der Waals surface area contributed by atoms with Crippen LogP contribution in [0, 0.1) is 0 Å². The fourth-order valence-corrected chi connectivity index (χ4v) is 2.60. The van der Waals surface area contributed by atoms with Crippen LogP contribution in [0.5, 0.6) is 0 Å². The summed E-state index contributed by atoms with van der Waals surface area (Å²) < 4.78 is 5.17. The van der Waals surface area contributed by atoms with Crippen LogP contribution in [-0.2, 0) is 11.2 Å². The van der Waals surface area contributed by atoms with Gasteiger partial charge in [0.25, 0.3) is 5.56 Å². The van der Waals surface area contributed by atoms with E-state index in [1.807, 2.05) is 6.07 Å². The molecule has 0 spiro atoms. The van der Waals surface area contributed by atoms with Gasteiger partial charge in [-0.25, -0.2) is 10.1 Å². The third-order valence-electron chi connectivity index (χ3n) is 3.72. The Labute approximate surface area is 135 Å². The molecule has 0 saturated heterocycles. The molecular weight excluding hydrogens is 308 g/mol. The molecule has 118 valence electrons. The highest BCUT2D eigenvalue weighted by atomic mass is 16.3. The van der Waals surface area contributed by atoms with E-state index in [9.17, 15) is 9.59 Å². The second kappa shape index (κ2) is 5.62. The van der Waals surface area contributed by atoms with Gasteiger partial charge in [0.15, 0.2) is 12.0 Å². The first-order valence-corrected chi connectivity index (χ1v) is 7.30. The summed E-state index contributed by atoms with van der Waals surface area (Å²) in [4.78, 5) is 28.1. The maximum Gasteiger partial charge on any atom is 0.272 e. The predicted octanol–water partition coefficient (Wildman–Crippen LogP) is 2.25. The normalized spacial score (nSPS) is 11.0. The van der Waals surface area contributed by atoms with Crippen molar-refractivity contribution in [3.63, 3.8) is 0 Å². The summed E-state index contributed by atoms with van der Waals surface area (Å²) in [6, 6.07) is 12.3. The lowest BCUT2D eigenvalue weighted by atomic mass is 10.1. The molecule has 0 aliphatic carbocycles. The zero-order valence-corrected chi connectivity index (χ0v) is 12.4. The van der Waals surface area contributed by atoms with Crippen LogP contribution < -0.4 is 10.9 Å². The number of hydrogen-bond donors (Lipinski definition) is 2. The lowest BCUT2D eigenvalue weighted by Gasteiger charge is -2.06. The maximum atomic E-state index is 12.3. The van der Waals surface area contributed by atoms with Crippen molar-refractivity contribution in [2.45, 2.75) is 6.42 Å². The van der Waals surface area contributed by atoms with Gasteiger partial charge in [-0.2, -0.15) is 5.10 Å². The van der Waals surface area contributed by atoms with Gasteiger partial charge in [0.1, 0.15) is 5.52 Å². The number of benzene rings is 2. The summed E-state index contributed by atoms with van der Waals surface area (Å²) in [5, 5.41) is 10.4. The predicted molar refractivity (Wildman–Crippen MR) is 88.7 cm³/mol. The number of nitrogens with zero attached hydrogens (tertiary/aromatic N) is 2. The Balaban J connectivity index is 1.60. The molecule has 0 radical (unpaired) electrons. The minimum absolute atomic E-state index is 0.0497. The second-order valence-electron chi connectivity index (χ2n) is 5.30. The first-order valence-electron chi connectivity index (χ1n) is 7.30. The molecule has 0 aliphatic heterocycles. The molecule has 0 saturated carbocycles. The molecule has 24 heavy (non-hydrogen) atoms. The van der Waals surface area contributed by atoms with Crippen LogP contribution in [0.25, 0.3) is 21.9 Å². The molecule has 1 amide bonds. The van der Waals surface area contributed by atoms with E-state index in [0.717, 1.165) is 0 Å². The third-order valence-corrected chi connectivity index (χ3v) is 3.72. The molecule has 7 heteroatoms. The summed E-state index contributed by atoms with van der Waals surface area (Å²) in [5.74, 6) is -0.234. The first kappa shape index (κ1) is 14.1. The quantitative estimate of drug-likeness (QED) is 0.603. The average molecular weight is 320 g/mol. The van der Waals surface area contributed by atoms with E-state index < -0.39 is 0 Å². The number of fused-ring (bicyclic) bond motifs is 2. The first-order chi connectivity index (χ1) is 11.7. The summed E-state index contributed by atoms with van der Waals surface area (Å²) in [5.41, 5.74) is 2.19. The van der Waals surface area contributed by atoms with Gasteiger partial charge in [-0.15, -0.1) is 0 Å². The van der Waals surface area contributed by atoms with Crippen molar-refractivity contribution in [2.24, 2.45) is 0 Å². The van der Waals surface area contributed by atoms with Crippen LogP contribution in [0.3, 0.4) is 0 Å². The number of oxazole rings is 1. The maximum absolute atomic E-state index is 12.3. The van der Waals surface area contributed by atoms with Crippen molar-refractivity contribution < 1.29 is 9.21 Å². The largest absolute Gasteiger partial charge is 0.443 e. The number of H-pyrrole nitrogens is 1. The Morgan fingerprint density at radius 2 is 2.00 bits per heavy atom. The van der Waals surface area contributed by atoms with E-state index in [-0.39, 0.29) is 17.9 Å². The smallest absolute Gasteiger partial charge is 0.272 e. The molecule has 4 rings (SSSR count). The minimum Gasteiger partial charge on any atom is -0.443 e. The van der Waals surface area contributed by atoms with E-state index in [0.29, 0.717) is 33.3 Å². The topological polar surface area (TPSA) is 101 Å². The molecular formula is C17H12N4O3.